The monoisotopic (exact) mass is 364 g/mol. The number of hydrogen-bond donors (Lipinski definition) is 1. The van der Waals surface area contributed by atoms with E-state index in [-0.39, 0.29) is 11.8 Å². The number of carbonyl (C=O) groups excluding carboxylic acids is 1. The van der Waals surface area contributed by atoms with Crippen LogP contribution < -0.4 is 5.32 Å². The third kappa shape index (κ3) is 3.30. The van der Waals surface area contributed by atoms with Crippen LogP contribution in [0.2, 0.25) is 0 Å². The summed E-state index contributed by atoms with van der Waals surface area (Å²) >= 11 is 5.11. The summed E-state index contributed by atoms with van der Waals surface area (Å²) in [5.74, 6) is 0.478. The molecule has 0 aliphatic carbocycles. The van der Waals surface area contributed by atoms with E-state index in [2.05, 4.69) is 44.8 Å². The van der Waals surface area contributed by atoms with Gasteiger partial charge in [-0.1, -0.05) is 18.2 Å². The van der Waals surface area contributed by atoms with Gasteiger partial charge in [-0.05, 0) is 44.6 Å². The maximum absolute atomic E-state index is 12.4. The fourth-order valence-corrected chi connectivity index (χ4v) is 3.90. The molecular formula is C16H17BrN2OS. The SMILES string of the molecule is CN(Cc1csc(Br)c1)C(=O)CC1CNc2ccccc21. The first-order valence-corrected chi connectivity index (χ1v) is 8.60. The van der Waals surface area contributed by atoms with Gasteiger partial charge in [0.25, 0.3) is 0 Å². The highest BCUT2D eigenvalue weighted by Gasteiger charge is 2.25. The Balaban J connectivity index is 1.62. The molecule has 3 rings (SSSR count). The van der Waals surface area contributed by atoms with Gasteiger partial charge in [-0.15, -0.1) is 11.3 Å². The van der Waals surface area contributed by atoms with Gasteiger partial charge in [0.1, 0.15) is 0 Å². The zero-order valence-corrected chi connectivity index (χ0v) is 14.2. The number of carbonyl (C=O) groups is 1. The van der Waals surface area contributed by atoms with Crippen molar-refractivity contribution >= 4 is 38.9 Å². The van der Waals surface area contributed by atoms with Crippen LogP contribution in [0.1, 0.15) is 23.5 Å². The van der Waals surface area contributed by atoms with Crippen LogP contribution in [0.4, 0.5) is 5.69 Å². The molecule has 0 fully saturated rings. The van der Waals surface area contributed by atoms with Crippen LogP contribution in [0.25, 0.3) is 0 Å². The van der Waals surface area contributed by atoms with Crippen molar-refractivity contribution in [3.63, 3.8) is 0 Å². The molecule has 1 aromatic heterocycles. The Morgan fingerprint density at radius 1 is 1.48 bits per heavy atom. The molecule has 1 N–H and O–H groups in total. The van der Waals surface area contributed by atoms with Crippen LogP contribution >= 0.6 is 27.3 Å². The molecule has 2 heterocycles. The van der Waals surface area contributed by atoms with Crippen LogP contribution in [-0.2, 0) is 11.3 Å². The Morgan fingerprint density at radius 3 is 3.05 bits per heavy atom. The van der Waals surface area contributed by atoms with Crippen molar-refractivity contribution in [1.82, 2.24) is 4.90 Å². The Labute approximate surface area is 137 Å². The molecule has 1 aromatic carbocycles. The zero-order chi connectivity index (χ0) is 14.8. The predicted molar refractivity (Wildman–Crippen MR) is 90.8 cm³/mol. The van der Waals surface area contributed by atoms with Crippen LogP contribution in [-0.4, -0.2) is 24.4 Å². The Bertz CT molecular complexity index is 655. The summed E-state index contributed by atoms with van der Waals surface area (Å²) in [5, 5.41) is 5.46. The van der Waals surface area contributed by atoms with Gasteiger partial charge in [0.15, 0.2) is 0 Å². The fourth-order valence-electron chi connectivity index (χ4n) is 2.70. The molecule has 1 unspecified atom stereocenters. The van der Waals surface area contributed by atoms with Crippen molar-refractivity contribution in [1.29, 1.82) is 0 Å². The molecule has 110 valence electrons. The number of rotatable bonds is 4. The van der Waals surface area contributed by atoms with Crippen molar-refractivity contribution in [2.45, 2.75) is 18.9 Å². The molecular weight excluding hydrogens is 348 g/mol. The number of amides is 1. The molecule has 2 aromatic rings. The second-order valence-corrected chi connectivity index (χ2v) is 7.67. The molecule has 0 radical (unpaired) electrons. The first-order valence-electron chi connectivity index (χ1n) is 6.93. The van der Waals surface area contributed by atoms with Crippen molar-refractivity contribution in [3.8, 4) is 0 Å². The summed E-state index contributed by atoms with van der Waals surface area (Å²) in [5.41, 5.74) is 3.60. The lowest BCUT2D eigenvalue weighted by Gasteiger charge is -2.19. The van der Waals surface area contributed by atoms with E-state index in [1.165, 1.54) is 16.8 Å². The number of nitrogens with one attached hydrogen (secondary N) is 1. The van der Waals surface area contributed by atoms with E-state index in [1.807, 2.05) is 24.1 Å². The molecule has 5 heteroatoms. The number of thiophene rings is 1. The summed E-state index contributed by atoms with van der Waals surface area (Å²) in [6.45, 7) is 1.52. The number of anilines is 1. The van der Waals surface area contributed by atoms with E-state index in [0.29, 0.717) is 13.0 Å². The minimum atomic E-state index is 0.195. The molecule has 0 saturated carbocycles. The van der Waals surface area contributed by atoms with Gasteiger partial charge in [-0.2, -0.15) is 0 Å². The van der Waals surface area contributed by atoms with Crippen LogP contribution in [0.3, 0.4) is 0 Å². The number of hydrogen-bond acceptors (Lipinski definition) is 3. The third-order valence-electron chi connectivity index (χ3n) is 3.83. The normalized spacial score (nSPS) is 16.4. The molecule has 0 saturated heterocycles. The molecule has 1 amide bonds. The number of para-hydroxylation sites is 1. The van der Waals surface area contributed by atoms with Gasteiger partial charge in [-0.3, -0.25) is 4.79 Å². The van der Waals surface area contributed by atoms with E-state index in [9.17, 15) is 4.79 Å². The van der Waals surface area contributed by atoms with Crippen LogP contribution in [0.15, 0.2) is 39.5 Å². The van der Waals surface area contributed by atoms with E-state index in [0.717, 1.165) is 10.3 Å². The highest BCUT2D eigenvalue weighted by Crippen LogP contribution is 2.33. The van der Waals surface area contributed by atoms with Gasteiger partial charge in [0, 0.05) is 38.2 Å². The molecule has 0 spiro atoms. The van der Waals surface area contributed by atoms with Crippen molar-refractivity contribution in [2.24, 2.45) is 0 Å². The Morgan fingerprint density at radius 2 is 2.29 bits per heavy atom. The predicted octanol–water partition coefficient (Wildman–Crippen LogP) is 4.07. The van der Waals surface area contributed by atoms with Gasteiger partial charge in [-0.25, -0.2) is 0 Å². The number of benzene rings is 1. The lowest BCUT2D eigenvalue weighted by molar-refractivity contribution is -0.130. The van der Waals surface area contributed by atoms with E-state index >= 15 is 0 Å². The summed E-state index contributed by atoms with van der Waals surface area (Å²) in [6.07, 6.45) is 0.561. The Hall–Kier alpha value is -1.33. The lowest BCUT2D eigenvalue weighted by atomic mass is 9.97. The van der Waals surface area contributed by atoms with Gasteiger partial charge < -0.3 is 10.2 Å². The number of halogens is 1. The van der Waals surface area contributed by atoms with Crippen LogP contribution in [0, 0.1) is 0 Å². The molecule has 0 bridgehead atoms. The molecule has 1 atom stereocenters. The van der Waals surface area contributed by atoms with Crippen molar-refractivity contribution in [3.05, 3.63) is 50.6 Å². The fraction of sp³-hybridized carbons (Fsp3) is 0.312. The summed E-state index contributed by atoms with van der Waals surface area (Å²) in [6, 6.07) is 10.3. The number of nitrogens with zero attached hydrogens (tertiary/aromatic N) is 1. The van der Waals surface area contributed by atoms with E-state index in [4.69, 9.17) is 0 Å². The standard InChI is InChI=1S/C16H17BrN2OS/c1-19(9-11-6-15(17)21-10-11)16(20)7-12-8-18-14-5-3-2-4-13(12)14/h2-6,10,12,18H,7-9H2,1H3. The van der Waals surface area contributed by atoms with Crippen molar-refractivity contribution in [2.75, 3.05) is 18.9 Å². The number of fused-ring (bicyclic) bond motifs is 1. The quantitative estimate of drug-likeness (QED) is 0.886. The third-order valence-corrected chi connectivity index (χ3v) is 5.38. The first-order chi connectivity index (χ1) is 10.1. The largest absolute Gasteiger partial charge is 0.384 e. The van der Waals surface area contributed by atoms with Crippen LogP contribution in [0.5, 0.6) is 0 Å². The molecule has 1 aliphatic rings. The maximum atomic E-state index is 12.4. The van der Waals surface area contributed by atoms with Gasteiger partial charge >= 0.3 is 0 Å². The molecule has 3 nitrogen and oxygen atoms in total. The maximum Gasteiger partial charge on any atom is 0.223 e. The van der Waals surface area contributed by atoms with E-state index in [1.54, 1.807) is 11.3 Å². The summed E-state index contributed by atoms with van der Waals surface area (Å²) in [7, 11) is 1.88. The van der Waals surface area contributed by atoms with Gasteiger partial charge in [0.05, 0.1) is 3.79 Å². The summed E-state index contributed by atoms with van der Waals surface area (Å²) in [4.78, 5) is 14.2. The van der Waals surface area contributed by atoms with Gasteiger partial charge in [0.2, 0.25) is 5.91 Å². The molecule has 21 heavy (non-hydrogen) atoms. The van der Waals surface area contributed by atoms with E-state index < -0.39 is 0 Å². The highest BCUT2D eigenvalue weighted by atomic mass is 79.9. The summed E-state index contributed by atoms with van der Waals surface area (Å²) < 4.78 is 1.10. The second-order valence-electron chi connectivity index (χ2n) is 5.38. The Kier molecular flexibility index (Phi) is 4.31. The zero-order valence-electron chi connectivity index (χ0n) is 11.8. The van der Waals surface area contributed by atoms with Crippen molar-refractivity contribution < 1.29 is 4.79 Å². The second kappa shape index (κ2) is 6.20. The molecule has 1 aliphatic heterocycles. The minimum Gasteiger partial charge on any atom is -0.384 e. The highest BCUT2D eigenvalue weighted by molar-refractivity contribution is 9.11. The average molecular weight is 365 g/mol. The lowest BCUT2D eigenvalue weighted by Crippen LogP contribution is -2.27. The first kappa shape index (κ1) is 14.6. The topological polar surface area (TPSA) is 32.3 Å². The average Bonchev–Trinajstić information content (AvgIpc) is 3.06. The minimum absolute atomic E-state index is 0.195. The smallest absolute Gasteiger partial charge is 0.223 e.